The normalized spacial score (nSPS) is 10.3. The van der Waals surface area contributed by atoms with Gasteiger partial charge in [-0.1, -0.05) is 28.1 Å². The molecule has 0 spiro atoms. The fourth-order valence-corrected chi connectivity index (χ4v) is 2.06. The Morgan fingerprint density at radius 2 is 1.95 bits per heavy atom. The molecule has 0 aliphatic rings. The van der Waals surface area contributed by atoms with Crippen LogP contribution in [0.4, 0.5) is 5.82 Å². The van der Waals surface area contributed by atoms with E-state index in [4.69, 9.17) is 0 Å². The van der Waals surface area contributed by atoms with E-state index in [-0.39, 0.29) is 5.91 Å². The molecular weight excluding hydrogens is 372 g/mol. The van der Waals surface area contributed by atoms with Gasteiger partial charge >= 0.3 is 0 Å². The van der Waals surface area contributed by atoms with Crippen LogP contribution in [0.3, 0.4) is 0 Å². The van der Waals surface area contributed by atoms with Crippen molar-refractivity contribution in [2.24, 2.45) is 0 Å². The highest BCUT2D eigenvalue weighted by Crippen LogP contribution is 2.17. The molecule has 1 heterocycles. The van der Waals surface area contributed by atoms with Crippen LogP contribution in [0.2, 0.25) is 0 Å². The first-order valence-corrected chi connectivity index (χ1v) is 7.29. The summed E-state index contributed by atoms with van der Waals surface area (Å²) in [6.07, 6.45) is 2.02. The number of hydrogen-bond donors (Lipinski definition) is 1. The quantitative estimate of drug-likeness (QED) is 0.866. The Balaban J connectivity index is 2.01. The molecule has 1 aromatic carbocycles. The maximum Gasteiger partial charge on any atom is 0.229 e. The largest absolute Gasteiger partial charge is 0.310 e. The molecule has 5 heteroatoms. The van der Waals surface area contributed by atoms with E-state index in [1.165, 1.54) is 0 Å². The zero-order valence-corrected chi connectivity index (χ0v) is 13.5. The van der Waals surface area contributed by atoms with Gasteiger partial charge in [0.05, 0.1) is 6.42 Å². The molecular formula is C14H12Br2N2O. The lowest BCUT2D eigenvalue weighted by atomic mass is 10.1. The summed E-state index contributed by atoms with van der Waals surface area (Å²) in [6.45, 7) is 1.95. The SMILES string of the molecule is Cc1cc(NC(=O)Cc2ccc(Br)cc2)ncc1Br. The predicted molar refractivity (Wildman–Crippen MR) is 83.1 cm³/mol. The number of aromatic nitrogens is 1. The maximum absolute atomic E-state index is 11.9. The number of amides is 1. The van der Waals surface area contributed by atoms with Gasteiger partial charge in [-0.2, -0.15) is 0 Å². The van der Waals surface area contributed by atoms with Gasteiger partial charge in [0.1, 0.15) is 5.82 Å². The summed E-state index contributed by atoms with van der Waals surface area (Å²) in [6, 6.07) is 9.52. The lowest BCUT2D eigenvalue weighted by molar-refractivity contribution is -0.115. The van der Waals surface area contributed by atoms with Crippen molar-refractivity contribution in [3.63, 3.8) is 0 Å². The van der Waals surface area contributed by atoms with Gasteiger partial charge in [-0.15, -0.1) is 0 Å². The Morgan fingerprint density at radius 3 is 2.58 bits per heavy atom. The highest BCUT2D eigenvalue weighted by atomic mass is 79.9. The molecule has 19 heavy (non-hydrogen) atoms. The van der Waals surface area contributed by atoms with Gasteiger partial charge in [-0.3, -0.25) is 4.79 Å². The van der Waals surface area contributed by atoms with E-state index < -0.39 is 0 Å². The van der Waals surface area contributed by atoms with Gasteiger partial charge in [0, 0.05) is 15.1 Å². The summed E-state index contributed by atoms with van der Waals surface area (Å²) in [5.74, 6) is 0.499. The third-order valence-corrected chi connectivity index (χ3v) is 3.95. The molecule has 1 N–H and O–H groups in total. The summed E-state index contributed by atoms with van der Waals surface area (Å²) >= 11 is 6.74. The molecule has 0 bridgehead atoms. The molecule has 0 aliphatic carbocycles. The first-order valence-electron chi connectivity index (χ1n) is 5.71. The Labute approximate surface area is 128 Å². The monoisotopic (exact) mass is 382 g/mol. The van der Waals surface area contributed by atoms with Crippen molar-refractivity contribution in [3.8, 4) is 0 Å². The number of rotatable bonds is 3. The van der Waals surface area contributed by atoms with Crippen LogP contribution in [-0.4, -0.2) is 10.9 Å². The number of hydrogen-bond acceptors (Lipinski definition) is 2. The average molecular weight is 384 g/mol. The van der Waals surface area contributed by atoms with Gasteiger partial charge in [0.15, 0.2) is 0 Å². The van der Waals surface area contributed by atoms with Gasteiger partial charge in [0.25, 0.3) is 0 Å². The Hall–Kier alpha value is -1.20. The highest BCUT2D eigenvalue weighted by molar-refractivity contribution is 9.10. The number of nitrogens with one attached hydrogen (secondary N) is 1. The van der Waals surface area contributed by atoms with Crippen molar-refractivity contribution in [2.45, 2.75) is 13.3 Å². The summed E-state index contributed by atoms with van der Waals surface area (Å²) < 4.78 is 1.93. The van der Waals surface area contributed by atoms with Crippen molar-refractivity contribution in [1.82, 2.24) is 4.98 Å². The Kier molecular flexibility index (Phi) is 4.71. The molecule has 1 amide bonds. The molecule has 0 saturated heterocycles. The van der Waals surface area contributed by atoms with Crippen LogP contribution in [0.25, 0.3) is 0 Å². The third-order valence-electron chi connectivity index (χ3n) is 2.59. The smallest absolute Gasteiger partial charge is 0.229 e. The van der Waals surface area contributed by atoms with Crippen LogP contribution in [0.15, 0.2) is 45.5 Å². The van der Waals surface area contributed by atoms with E-state index in [0.717, 1.165) is 20.1 Å². The lowest BCUT2D eigenvalue weighted by Crippen LogP contribution is -2.15. The third kappa shape index (κ3) is 4.14. The number of carbonyl (C=O) groups is 1. The van der Waals surface area contributed by atoms with Crippen LogP contribution in [0.1, 0.15) is 11.1 Å². The lowest BCUT2D eigenvalue weighted by Gasteiger charge is -2.06. The molecule has 2 aromatic rings. The first kappa shape index (κ1) is 14.2. The number of aryl methyl sites for hydroxylation is 1. The zero-order valence-electron chi connectivity index (χ0n) is 10.3. The topological polar surface area (TPSA) is 42.0 Å². The standard InChI is InChI=1S/C14H12Br2N2O/c1-9-6-13(17-8-12(9)16)18-14(19)7-10-2-4-11(15)5-3-10/h2-6,8H,7H2,1H3,(H,17,18,19). The number of halogens is 2. The van der Waals surface area contributed by atoms with Gasteiger partial charge in [-0.25, -0.2) is 4.98 Å². The minimum Gasteiger partial charge on any atom is -0.310 e. The minimum absolute atomic E-state index is 0.0726. The number of benzene rings is 1. The maximum atomic E-state index is 11.9. The second-order valence-corrected chi connectivity index (χ2v) is 5.94. The van der Waals surface area contributed by atoms with E-state index in [9.17, 15) is 4.79 Å². The predicted octanol–water partition coefficient (Wildman–Crippen LogP) is 4.10. The van der Waals surface area contributed by atoms with Gasteiger partial charge < -0.3 is 5.32 Å². The number of anilines is 1. The fourth-order valence-electron chi connectivity index (χ4n) is 1.58. The minimum atomic E-state index is -0.0726. The van der Waals surface area contributed by atoms with Crippen molar-refractivity contribution < 1.29 is 4.79 Å². The Morgan fingerprint density at radius 1 is 1.26 bits per heavy atom. The van der Waals surface area contributed by atoms with Crippen molar-refractivity contribution in [2.75, 3.05) is 5.32 Å². The number of pyridine rings is 1. The van der Waals surface area contributed by atoms with Gasteiger partial charge in [0.2, 0.25) is 5.91 Å². The van der Waals surface area contributed by atoms with E-state index >= 15 is 0 Å². The van der Waals surface area contributed by atoms with Crippen LogP contribution < -0.4 is 5.32 Å². The zero-order chi connectivity index (χ0) is 13.8. The molecule has 0 radical (unpaired) electrons. The summed E-state index contributed by atoms with van der Waals surface area (Å²) in [5, 5.41) is 2.79. The molecule has 1 aromatic heterocycles. The summed E-state index contributed by atoms with van der Waals surface area (Å²) in [7, 11) is 0. The molecule has 98 valence electrons. The molecule has 0 fully saturated rings. The number of nitrogens with zero attached hydrogens (tertiary/aromatic N) is 1. The Bertz CT molecular complexity index is 597. The molecule has 0 aliphatic heterocycles. The summed E-state index contributed by atoms with van der Waals surface area (Å²) in [5.41, 5.74) is 2.00. The van der Waals surface area contributed by atoms with E-state index in [1.54, 1.807) is 6.20 Å². The summed E-state index contributed by atoms with van der Waals surface area (Å²) in [4.78, 5) is 16.0. The molecule has 0 unspecified atom stereocenters. The highest BCUT2D eigenvalue weighted by Gasteiger charge is 2.06. The average Bonchev–Trinajstić information content (AvgIpc) is 2.37. The number of carbonyl (C=O) groups excluding carboxylic acids is 1. The fraction of sp³-hybridized carbons (Fsp3) is 0.143. The van der Waals surface area contributed by atoms with Crippen molar-refractivity contribution in [3.05, 3.63) is 56.6 Å². The first-order chi connectivity index (χ1) is 9.04. The molecule has 0 atom stereocenters. The van der Waals surface area contributed by atoms with Gasteiger partial charge in [-0.05, 0) is 52.2 Å². The molecule has 2 rings (SSSR count). The molecule has 0 saturated carbocycles. The van der Waals surface area contributed by atoms with Crippen LogP contribution >= 0.6 is 31.9 Å². The van der Waals surface area contributed by atoms with Crippen LogP contribution in [0.5, 0.6) is 0 Å². The van der Waals surface area contributed by atoms with Crippen LogP contribution in [0, 0.1) is 6.92 Å². The molecule has 3 nitrogen and oxygen atoms in total. The van der Waals surface area contributed by atoms with E-state index in [2.05, 4.69) is 42.2 Å². The second kappa shape index (κ2) is 6.30. The van der Waals surface area contributed by atoms with E-state index in [1.807, 2.05) is 37.3 Å². The van der Waals surface area contributed by atoms with Crippen LogP contribution in [-0.2, 0) is 11.2 Å². The van der Waals surface area contributed by atoms with Crippen molar-refractivity contribution in [1.29, 1.82) is 0 Å². The van der Waals surface area contributed by atoms with E-state index in [0.29, 0.717) is 12.2 Å². The second-order valence-electron chi connectivity index (χ2n) is 4.17. The van der Waals surface area contributed by atoms with Crippen molar-refractivity contribution >= 4 is 43.6 Å².